The monoisotopic (exact) mass is 291 g/mol. The number of rotatable bonds is 5. The molecule has 6 heteroatoms. The minimum absolute atomic E-state index is 0.107. The number of phenols is 1. The molecule has 2 aromatic carbocycles. The number of carbonyl (C=O) groups excluding carboxylic acids is 1. The maximum absolute atomic E-state index is 12.0. The zero-order valence-corrected chi connectivity index (χ0v) is 11.3. The molecule has 20 heavy (non-hydrogen) atoms. The van der Waals surface area contributed by atoms with Gasteiger partial charge < -0.3 is 5.11 Å². The van der Waals surface area contributed by atoms with Crippen LogP contribution < -0.4 is 4.72 Å². The van der Waals surface area contributed by atoms with E-state index in [-0.39, 0.29) is 22.8 Å². The first kappa shape index (κ1) is 14.1. The summed E-state index contributed by atoms with van der Waals surface area (Å²) in [5.41, 5.74) is 0.980. The molecular weight excluding hydrogens is 278 g/mol. The van der Waals surface area contributed by atoms with Crippen molar-refractivity contribution in [2.45, 2.75) is 5.75 Å². The lowest BCUT2D eigenvalue weighted by atomic mass is 10.2. The lowest BCUT2D eigenvalue weighted by Crippen LogP contribution is -2.15. The smallest absolute Gasteiger partial charge is 0.236 e. The van der Waals surface area contributed by atoms with Crippen molar-refractivity contribution in [3.8, 4) is 5.75 Å². The van der Waals surface area contributed by atoms with Crippen molar-refractivity contribution >= 4 is 22.0 Å². The van der Waals surface area contributed by atoms with Gasteiger partial charge in [0.25, 0.3) is 0 Å². The number of phenolic OH excluding ortho intramolecular Hbond substituents is 1. The van der Waals surface area contributed by atoms with Crippen LogP contribution in [-0.4, -0.2) is 19.8 Å². The number of nitrogens with one attached hydrogen (secondary N) is 1. The van der Waals surface area contributed by atoms with Gasteiger partial charge in [0.05, 0.1) is 17.0 Å². The highest BCUT2D eigenvalue weighted by Crippen LogP contribution is 2.21. The van der Waals surface area contributed by atoms with Gasteiger partial charge in [-0.05, 0) is 17.7 Å². The lowest BCUT2D eigenvalue weighted by molar-refractivity contribution is 0.112. The molecule has 0 unspecified atom stereocenters. The third-order valence-electron chi connectivity index (χ3n) is 2.63. The molecule has 2 rings (SSSR count). The molecule has 0 aromatic heterocycles. The number of benzene rings is 2. The van der Waals surface area contributed by atoms with Crippen LogP contribution in [-0.2, 0) is 15.8 Å². The van der Waals surface area contributed by atoms with E-state index < -0.39 is 10.0 Å². The highest BCUT2D eigenvalue weighted by atomic mass is 32.2. The Morgan fingerprint density at radius 1 is 1.10 bits per heavy atom. The molecule has 0 saturated carbocycles. The quantitative estimate of drug-likeness (QED) is 0.827. The first-order valence-corrected chi connectivity index (χ1v) is 7.48. The van der Waals surface area contributed by atoms with Gasteiger partial charge in [0.1, 0.15) is 5.75 Å². The van der Waals surface area contributed by atoms with Crippen LogP contribution in [0.4, 0.5) is 5.69 Å². The van der Waals surface area contributed by atoms with Crippen molar-refractivity contribution in [3.05, 3.63) is 59.7 Å². The predicted molar refractivity (Wildman–Crippen MR) is 76.2 cm³/mol. The maximum atomic E-state index is 12.0. The minimum atomic E-state index is -3.57. The summed E-state index contributed by atoms with van der Waals surface area (Å²) in [7, 11) is -3.57. The van der Waals surface area contributed by atoms with E-state index in [0.717, 1.165) is 0 Å². The van der Waals surface area contributed by atoms with E-state index in [1.54, 1.807) is 30.3 Å². The van der Waals surface area contributed by atoms with E-state index in [0.29, 0.717) is 11.8 Å². The van der Waals surface area contributed by atoms with Crippen LogP contribution in [0.5, 0.6) is 5.75 Å². The van der Waals surface area contributed by atoms with Gasteiger partial charge in [-0.3, -0.25) is 9.52 Å². The van der Waals surface area contributed by atoms with Gasteiger partial charge in [-0.15, -0.1) is 0 Å². The molecule has 0 heterocycles. The lowest BCUT2D eigenvalue weighted by Gasteiger charge is -2.09. The van der Waals surface area contributed by atoms with Crippen LogP contribution in [0.25, 0.3) is 0 Å². The summed E-state index contributed by atoms with van der Waals surface area (Å²) in [6.07, 6.45) is 0.498. The number of anilines is 1. The Kier molecular flexibility index (Phi) is 4.05. The predicted octanol–water partition coefficient (Wildman–Crippen LogP) is 2.15. The Morgan fingerprint density at radius 3 is 2.40 bits per heavy atom. The van der Waals surface area contributed by atoms with Gasteiger partial charge in [0.15, 0.2) is 6.29 Å². The number of aldehydes is 1. The Balaban J connectivity index is 2.16. The van der Waals surface area contributed by atoms with Gasteiger partial charge >= 0.3 is 0 Å². The summed E-state index contributed by atoms with van der Waals surface area (Å²) < 4.78 is 26.3. The van der Waals surface area contributed by atoms with Crippen LogP contribution in [0, 0.1) is 0 Å². The molecule has 0 aliphatic carbocycles. The Bertz CT molecular complexity index is 711. The van der Waals surface area contributed by atoms with E-state index in [9.17, 15) is 18.3 Å². The summed E-state index contributed by atoms with van der Waals surface area (Å²) in [5, 5.41) is 9.51. The second-order valence-electron chi connectivity index (χ2n) is 4.24. The van der Waals surface area contributed by atoms with E-state index in [1.807, 2.05) is 0 Å². The average Bonchev–Trinajstić information content (AvgIpc) is 2.39. The zero-order chi connectivity index (χ0) is 14.6. The normalized spacial score (nSPS) is 11.0. The summed E-state index contributed by atoms with van der Waals surface area (Å²) in [5.74, 6) is -0.427. The van der Waals surface area contributed by atoms with E-state index >= 15 is 0 Å². The van der Waals surface area contributed by atoms with E-state index in [1.165, 1.54) is 18.2 Å². The first-order chi connectivity index (χ1) is 9.50. The van der Waals surface area contributed by atoms with Crippen molar-refractivity contribution in [1.82, 2.24) is 0 Å². The molecule has 0 bridgehead atoms. The standard InChI is InChI=1S/C14H13NO4S/c16-9-12-6-7-13(8-14(12)17)15-20(18,19)10-11-4-2-1-3-5-11/h1-9,15,17H,10H2. The third kappa shape index (κ3) is 3.58. The molecule has 0 aliphatic heterocycles. The fourth-order valence-electron chi connectivity index (χ4n) is 1.72. The summed E-state index contributed by atoms with van der Waals surface area (Å²) in [4.78, 5) is 10.6. The molecule has 0 atom stereocenters. The van der Waals surface area contributed by atoms with Gasteiger partial charge in [0.2, 0.25) is 10.0 Å². The van der Waals surface area contributed by atoms with Crippen LogP contribution in [0.1, 0.15) is 15.9 Å². The highest BCUT2D eigenvalue weighted by molar-refractivity contribution is 7.91. The van der Waals surface area contributed by atoms with Crippen molar-refractivity contribution in [2.24, 2.45) is 0 Å². The third-order valence-corrected chi connectivity index (χ3v) is 3.89. The molecule has 2 N–H and O–H groups in total. The number of sulfonamides is 1. The molecular formula is C14H13NO4S. The second-order valence-corrected chi connectivity index (χ2v) is 5.96. The number of hydrogen-bond donors (Lipinski definition) is 2. The topological polar surface area (TPSA) is 83.5 Å². The van der Waals surface area contributed by atoms with Crippen LogP contribution in [0.3, 0.4) is 0 Å². The van der Waals surface area contributed by atoms with E-state index in [2.05, 4.69) is 4.72 Å². The van der Waals surface area contributed by atoms with Crippen LogP contribution >= 0.6 is 0 Å². The Labute approximate surface area is 116 Å². The number of carbonyl (C=O) groups is 1. The van der Waals surface area contributed by atoms with Gasteiger partial charge in [-0.1, -0.05) is 30.3 Å². The van der Waals surface area contributed by atoms with Gasteiger partial charge in [-0.2, -0.15) is 0 Å². The fraction of sp³-hybridized carbons (Fsp3) is 0.0714. The van der Waals surface area contributed by atoms with E-state index in [4.69, 9.17) is 0 Å². The summed E-state index contributed by atoms with van der Waals surface area (Å²) in [6.45, 7) is 0. The fourth-order valence-corrected chi connectivity index (χ4v) is 2.91. The molecule has 0 fully saturated rings. The SMILES string of the molecule is O=Cc1ccc(NS(=O)(=O)Cc2ccccc2)cc1O. The Morgan fingerprint density at radius 2 is 1.80 bits per heavy atom. The number of hydrogen-bond acceptors (Lipinski definition) is 4. The molecule has 104 valence electrons. The molecule has 0 saturated heterocycles. The number of aromatic hydroxyl groups is 1. The van der Waals surface area contributed by atoms with Gasteiger partial charge in [-0.25, -0.2) is 8.42 Å². The average molecular weight is 291 g/mol. The first-order valence-electron chi connectivity index (χ1n) is 5.83. The van der Waals surface area contributed by atoms with Crippen LogP contribution in [0.15, 0.2) is 48.5 Å². The molecule has 0 spiro atoms. The largest absolute Gasteiger partial charge is 0.507 e. The van der Waals surface area contributed by atoms with Crippen molar-refractivity contribution in [3.63, 3.8) is 0 Å². The summed E-state index contributed by atoms with van der Waals surface area (Å²) >= 11 is 0. The van der Waals surface area contributed by atoms with Gasteiger partial charge in [0, 0.05) is 6.07 Å². The van der Waals surface area contributed by atoms with Crippen molar-refractivity contribution in [1.29, 1.82) is 0 Å². The molecule has 0 amide bonds. The second kappa shape index (κ2) is 5.75. The Hall–Kier alpha value is -2.34. The molecule has 0 radical (unpaired) electrons. The zero-order valence-electron chi connectivity index (χ0n) is 10.5. The maximum Gasteiger partial charge on any atom is 0.236 e. The van der Waals surface area contributed by atoms with Crippen molar-refractivity contribution < 1.29 is 18.3 Å². The highest BCUT2D eigenvalue weighted by Gasteiger charge is 2.12. The minimum Gasteiger partial charge on any atom is -0.507 e. The molecule has 5 nitrogen and oxygen atoms in total. The molecule has 2 aromatic rings. The summed E-state index contributed by atoms with van der Waals surface area (Å²) in [6, 6.07) is 12.7. The van der Waals surface area contributed by atoms with Crippen molar-refractivity contribution in [2.75, 3.05) is 4.72 Å². The van der Waals surface area contributed by atoms with Crippen LogP contribution in [0.2, 0.25) is 0 Å². The molecule has 0 aliphatic rings.